The van der Waals surface area contributed by atoms with E-state index in [2.05, 4.69) is 0 Å². The zero-order valence-electron chi connectivity index (χ0n) is 14.8. The fourth-order valence-corrected chi connectivity index (χ4v) is 2.20. The topological polar surface area (TPSA) is 61.5 Å². The summed E-state index contributed by atoms with van der Waals surface area (Å²) in [5, 5.41) is 0. The Morgan fingerprint density at radius 1 is 0.808 bits per heavy atom. The van der Waals surface area contributed by atoms with Crippen molar-refractivity contribution in [2.24, 2.45) is 5.73 Å². The van der Waals surface area contributed by atoms with Gasteiger partial charge in [-0.3, -0.25) is 4.79 Å². The number of carbonyl (C=O) groups excluding carboxylic acids is 1. The van der Waals surface area contributed by atoms with E-state index in [4.69, 9.17) is 15.2 Å². The summed E-state index contributed by atoms with van der Waals surface area (Å²) >= 11 is 0. The van der Waals surface area contributed by atoms with Crippen molar-refractivity contribution in [1.29, 1.82) is 0 Å². The summed E-state index contributed by atoms with van der Waals surface area (Å²) < 4.78 is 10.6. The van der Waals surface area contributed by atoms with Crippen molar-refractivity contribution < 1.29 is 14.3 Å². The summed E-state index contributed by atoms with van der Waals surface area (Å²) in [5.74, 6) is 2.41. The van der Waals surface area contributed by atoms with Crippen LogP contribution in [0.25, 0.3) is 0 Å². The number of rotatable bonds is 6. The van der Waals surface area contributed by atoms with Crippen LogP contribution in [-0.4, -0.2) is 19.9 Å². The first-order valence-electron chi connectivity index (χ1n) is 8.36. The molecule has 0 aliphatic heterocycles. The standard InChI is InChI=1S/C13H10O2.C9H13NO/c14-10-11-6-8-13(9-7-11)15-12-4-2-1-3-5-12;1-11-9-4-2-8(3-5-9)6-7-10/h1-10H;2-5H,6-7,10H2,1H3. The number of benzene rings is 3. The Balaban J connectivity index is 0.000000197. The van der Waals surface area contributed by atoms with Gasteiger partial charge in [0.05, 0.1) is 7.11 Å². The van der Waals surface area contributed by atoms with Crippen molar-refractivity contribution in [3.05, 3.63) is 90.0 Å². The molecule has 134 valence electrons. The lowest BCUT2D eigenvalue weighted by molar-refractivity contribution is 0.112. The van der Waals surface area contributed by atoms with Gasteiger partial charge < -0.3 is 15.2 Å². The van der Waals surface area contributed by atoms with Crippen LogP contribution in [-0.2, 0) is 6.42 Å². The molecule has 3 aromatic carbocycles. The van der Waals surface area contributed by atoms with Gasteiger partial charge in [0, 0.05) is 5.56 Å². The molecule has 0 radical (unpaired) electrons. The van der Waals surface area contributed by atoms with Crippen LogP contribution in [0.4, 0.5) is 0 Å². The summed E-state index contributed by atoms with van der Waals surface area (Å²) in [7, 11) is 1.66. The maximum atomic E-state index is 10.4. The largest absolute Gasteiger partial charge is 0.497 e. The first-order valence-corrected chi connectivity index (χ1v) is 8.36. The second-order valence-electron chi connectivity index (χ2n) is 5.49. The van der Waals surface area contributed by atoms with E-state index in [9.17, 15) is 4.79 Å². The normalized spacial score (nSPS) is 9.62. The average Bonchev–Trinajstić information content (AvgIpc) is 2.71. The molecule has 0 aliphatic carbocycles. The lowest BCUT2D eigenvalue weighted by Crippen LogP contribution is -2.02. The van der Waals surface area contributed by atoms with Gasteiger partial charge in [-0.1, -0.05) is 30.3 Å². The molecule has 3 rings (SSSR count). The maximum Gasteiger partial charge on any atom is 0.150 e. The molecule has 0 spiro atoms. The average molecular weight is 349 g/mol. The van der Waals surface area contributed by atoms with Crippen molar-refractivity contribution in [3.63, 3.8) is 0 Å². The van der Waals surface area contributed by atoms with Crippen LogP contribution in [0.15, 0.2) is 78.9 Å². The predicted octanol–water partition coefficient (Wildman–Crippen LogP) is 4.49. The van der Waals surface area contributed by atoms with Gasteiger partial charge in [0.25, 0.3) is 0 Å². The molecule has 0 saturated heterocycles. The number of ether oxygens (including phenoxy) is 2. The molecule has 0 saturated carbocycles. The van der Waals surface area contributed by atoms with Gasteiger partial charge in [-0.15, -0.1) is 0 Å². The van der Waals surface area contributed by atoms with Crippen molar-refractivity contribution in [1.82, 2.24) is 0 Å². The van der Waals surface area contributed by atoms with Gasteiger partial charge in [-0.2, -0.15) is 0 Å². The zero-order valence-corrected chi connectivity index (χ0v) is 14.8. The molecule has 0 bridgehead atoms. The highest BCUT2D eigenvalue weighted by molar-refractivity contribution is 5.74. The van der Waals surface area contributed by atoms with E-state index in [1.54, 1.807) is 31.4 Å². The SMILES string of the molecule is COc1ccc(CCN)cc1.O=Cc1ccc(Oc2ccccc2)cc1. The highest BCUT2D eigenvalue weighted by Crippen LogP contribution is 2.20. The lowest BCUT2D eigenvalue weighted by Gasteiger charge is -2.04. The van der Waals surface area contributed by atoms with E-state index in [1.165, 1.54) is 5.56 Å². The quantitative estimate of drug-likeness (QED) is 0.666. The van der Waals surface area contributed by atoms with E-state index in [0.717, 1.165) is 30.0 Å². The smallest absolute Gasteiger partial charge is 0.150 e. The van der Waals surface area contributed by atoms with Gasteiger partial charge in [-0.05, 0) is 67.1 Å². The molecule has 0 unspecified atom stereocenters. The number of nitrogens with two attached hydrogens (primary N) is 1. The number of carbonyl (C=O) groups is 1. The molecule has 0 atom stereocenters. The number of hydrogen-bond acceptors (Lipinski definition) is 4. The fraction of sp³-hybridized carbons (Fsp3) is 0.136. The van der Waals surface area contributed by atoms with Crippen LogP contribution >= 0.6 is 0 Å². The molecule has 4 nitrogen and oxygen atoms in total. The van der Waals surface area contributed by atoms with Crippen molar-refractivity contribution in [2.75, 3.05) is 13.7 Å². The summed E-state index contributed by atoms with van der Waals surface area (Å²) in [4.78, 5) is 10.4. The van der Waals surface area contributed by atoms with Crippen LogP contribution in [0.3, 0.4) is 0 Å². The second-order valence-corrected chi connectivity index (χ2v) is 5.49. The van der Waals surface area contributed by atoms with Crippen molar-refractivity contribution >= 4 is 6.29 Å². The monoisotopic (exact) mass is 349 g/mol. The molecule has 2 N–H and O–H groups in total. The molecule has 0 amide bonds. The Labute approximate surface area is 154 Å². The Morgan fingerprint density at radius 3 is 1.92 bits per heavy atom. The Kier molecular flexibility index (Phi) is 7.90. The Morgan fingerprint density at radius 2 is 1.38 bits per heavy atom. The van der Waals surface area contributed by atoms with Gasteiger partial charge in [-0.25, -0.2) is 0 Å². The minimum Gasteiger partial charge on any atom is -0.497 e. The van der Waals surface area contributed by atoms with E-state index in [0.29, 0.717) is 12.1 Å². The van der Waals surface area contributed by atoms with Crippen molar-refractivity contribution in [2.45, 2.75) is 6.42 Å². The van der Waals surface area contributed by atoms with Crippen molar-refractivity contribution in [3.8, 4) is 17.2 Å². The number of hydrogen-bond donors (Lipinski definition) is 1. The van der Waals surface area contributed by atoms with E-state index in [-0.39, 0.29) is 0 Å². The third kappa shape index (κ3) is 6.42. The zero-order chi connectivity index (χ0) is 18.6. The first kappa shape index (κ1) is 19.2. The molecule has 4 heteroatoms. The van der Waals surface area contributed by atoms with Crippen LogP contribution in [0.1, 0.15) is 15.9 Å². The predicted molar refractivity (Wildman–Crippen MR) is 104 cm³/mol. The van der Waals surface area contributed by atoms with Crippen LogP contribution in [0.2, 0.25) is 0 Å². The third-order valence-electron chi connectivity index (χ3n) is 3.59. The molecular weight excluding hydrogens is 326 g/mol. The van der Waals surface area contributed by atoms with E-state index >= 15 is 0 Å². The van der Waals surface area contributed by atoms with E-state index < -0.39 is 0 Å². The van der Waals surface area contributed by atoms with Crippen LogP contribution in [0.5, 0.6) is 17.2 Å². The number of aldehydes is 1. The summed E-state index contributed by atoms with van der Waals surface area (Å²) in [6, 6.07) is 24.5. The Hall–Kier alpha value is -3.11. The second kappa shape index (κ2) is 10.7. The molecule has 0 aromatic heterocycles. The lowest BCUT2D eigenvalue weighted by atomic mass is 10.1. The van der Waals surface area contributed by atoms with Crippen LogP contribution in [0, 0.1) is 0 Å². The summed E-state index contributed by atoms with van der Waals surface area (Å²) in [6.07, 6.45) is 1.75. The Bertz CT molecular complexity index is 769. The first-order chi connectivity index (χ1) is 12.7. The number of methoxy groups -OCH3 is 1. The van der Waals surface area contributed by atoms with Gasteiger partial charge in [0.2, 0.25) is 0 Å². The molecule has 3 aromatic rings. The molecular formula is C22H23NO3. The third-order valence-corrected chi connectivity index (χ3v) is 3.59. The van der Waals surface area contributed by atoms with E-state index in [1.807, 2.05) is 54.6 Å². The minimum atomic E-state index is 0.649. The van der Waals surface area contributed by atoms with Gasteiger partial charge in [0.15, 0.2) is 0 Å². The summed E-state index contributed by atoms with van der Waals surface area (Å²) in [6.45, 7) is 0.701. The highest BCUT2D eigenvalue weighted by Gasteiger charge is 1.96. The van der Waals surface area contributed by atoms with Crippen LogP contribution < -0.4 is 15.2 Å². The number of para-hydroxylation sites is 1. The molecule has 0 aliphatic rings. The fourth-order valence-electron chi connectivity index (χ4n) is 2.20. The molecule has 0 fully saturated rings. The van der Waals surface area contributed by atoms with Gasteiger partial charge >= 0.3 is 0 Å². The maximum absolute atomic E-state index is 10.4. The minimum absolute atomic E-state index is 0.649. The molecule has 26 heavy (non-hydrogen) atoms. The van der Waals surface area contributed by atoms with Gasteiger partial charge in [0.1, 0.15) is 23.5 Å². The highest BCUT2D eigenvalue weighted by atomic mass is 16.5. The molecule has 0 heterocycles. The summed E-state index contributed by atoms with van der Waals surface area (Å²) in [5.41, 5.74) is 7.31.